The van der Waals surface area contributed by atoms with Gasteiger partial charge in [-0.1, -0.05) is 49.9 Å². The van der Waals surface area contributed by atoms with Gasteiger partial charge >= 0.3 is 0 Å². The second-order valence-electron chi connectivity index (χ2n) is 5.06. The summed E-state index contributed by atoms with van der Waals surface area (Å²) >= 11 is 12.3. The molecule has 17 heavy (non-hydrogen) atoms. The van der Waals surface area contributed by atoms with Crippen molar-refractivity contribution in [3.05, 3.63) is 27.7 Å². The monoisotopic (exact) mass is 271 g/mol. The molecule has 2 atom stereocenters. The van der Waals surface area contributed by atoms with E-state index in [1.807, 2.05) is 6.07 Å². The molecule has 1 aromatic rings. The van der Waals surface area contributed by atoms with Gasteiger partial charge in [-0.25, -0.2) is 0 Å². The average molecular weight is 272 g/mol. The molecule has 2 unspecified atom stereocenters. The van der Waals surface area contributed by atoms with Gasteiger partial charge in [0.05, 0.1) is 10.7 Å². The molecule has 3 heteroatoms. The normalized spacial score (nSPS) is 19.9. The van der Waals surface area contributed by atoms with Gasteiger partial charge in [0.15, 0.2) is 0 Å². The van der Waals surface area contributed by atoms with Crippen molar-refractivity contribution in [2.45, 2.75) is 39.0 Å². The molecule has 0 aromatic heterocycles. The topological polar surface area (TPSA) is 12.0 Å². The number of halogens is 2. The van der Waals surface area contributed by atoms with Gasteiger partial charge in [0, 0.05) is 17.5 Å². The highest BCUT2D eigenvalue weighted by Gasteiger charge is 2.25. The van der Waals surface area contributed by atoms with Crippen molar-refractivity contribution in [2.24, 2.45) is 5.92 Å². The SMILES string of the molecule is CCCC(C)CC1CNc2c(Cl)cc(Cl)cc21. The Morgan fingerprint density at radius 1 is 1.41 bits per heavy atom. The fourth-order valence-corrected chi connectivity index (χ4v) is 3.32. The van der Waals surface area contributed by atoms with Crippen molar-refractivity contribution in [3.8, 4) is 0 Å². The summed E-state index contributed by atoms with van der Waals surface area (Å²) in [7, 11) is 0. The standard InChI is InChI=1S/C14H19Cl2N/c1-3-4-9(2)5-10-8-17-14-12(10)6-11(15)7-13(14)16/h6-7,9-10,17H,3-5,8H2,1-2H3. The van der Waals surface area contributed by atoms with Crippen LogP contribution in [0.4, 0.5) is 5.69 Å². The van der Waals surface area contributed by atoms with Crippen LogP contribution in [0.5, 0.6) is 0 Å². The van der Waals surface area contributed by atoms with Crippen LogP contribution >= 0.6 is 23.2 Å². The first-order valence-electron chi connectivity index (χ1n) is 6.34. The molecule has 0 aliphatic carbocycles. The summed E-state index contributed by atoms with van der Waals surface area (Å²) in [5, 5.41) is 4.89. The number of nitrogens with one attached hydrogen (secondary N) is 1. The maximum Gasteiger partial charge on any atom is 0.0655 e. The molecule has 94 valence electrons. The van der Waals surface area contributed by atoms with Gasteiger partial charge in [0.1, 0.15) is 0 Å². The van der Waals surface area contributed by atoms with Crippen LogP contribution in [-0.2, 0) is 0 Å². The van der Waals surface area contributed by atoms with Crippen LogP contribution in [0.2, 0.25) is 10.0 Å². The molecular formula is C14H19Cl2N. The summed E-state index contributed by atoms with van der Waals surface area (Å²) in [5.41, 5.74) is 2.38. The van der Waals surface area contributed by atoms with Crippen LogP contribution in [0, 0.1) is 5.92 Å². The van der Waals surface area contributed by atoms with E-state index in [2.05, 4.69) is 25.2 Å². The van der Waals surface area contributed by atoms with Crippen LogP contribution < -0.4 is 5.32 Å². The average Bonchev–Trinajstić information content (AvgIpc) is 2.62. The Bertz CT molecular complexity index is 403. The van der Waals surface area contributed by atoms with Gasteiger partial charge in [-0.05, 0) is 30.0 Å². The minimum atomic E-state index is 0.558. The molecule has 0 saturated carbocycles. The van der Waals surface area contributed by atoms with Gasteiger partial charge in [-0.2, -0.15) is 0 Å². The van der Waals surface area contributed by atoms with E-state index in [-0.39, 0.29) is 0 Å². The summed E-state index contributed by atoms with van der Waals surface area (Å²) < 4.78 is 0. The van der Waals surface area contributed by atoms with Crippen LogP contribution in [0.25, 0.3) is 0 Å². The maximum atomic E-state index is 6.19. The molecule has 0 bridgehead atoms. The van der Waals surface area contributed by atoms with E-state index in [1.54, 1.807) is 0 Å². The Balaban J connectivity index is 2.16. The lowest BCUT2D eigenvalue weighted by molar-refractivity contribution is 0.448. The summed E-state index contributed by atoms with van der Waals surface area (Å²) in [6.07, 6.45) is 3.76. The Labute approximate surface area is 114 Å². The zero-order chi connectivity index (χ0) is 12.4. The molecule has 1 N–H and O–H groups in total. The highest BCUT2D eigenvalue weighted by molar-refractivity contribution is 6.36. The molecule has 1 nitrogen and oxygen atoms in total. The Morgan fingerprint density at radius 2 is 2.18 bits per heavy atom. The number of fused-ring (bicyclic) bond motifs is 1. The zero-order valence-electron chi connectivity index (χ0n) is 10.4. The van der Waals surface area contributed by atoms with Gasteiger partial charge in [-0.3, -0.25) is 0 Å². The first-order valence-corrected chi connectivity index (χ1v) is 7.10. The first-order chi connectivity index (χ1) is 8.11. The van der Waals surface area contributed by atoms with E-state index in [1.165, 1.54) is 24.8 Å². The van der Waals surface area contributed by atoms with Crippen molar-refractivity contribution in [1.29, 1.82) is 0 Å². The number of benzene rings is 1. The Hall–Kier alpha value is -0.400. The van der Waals surface area contributed by atoms with Gasteiger partial charge < -0.3 is 5.32 Å². The molecular weight excluding hydrogens is 253 g/mol. The third kappa shape index (κ3) is 2.89. The Morgan fingerprint density at radius 3 is 2.88 bits per heavy atom. The molecule has 2 rings (SSSR count). The lowest BCUT2D eigenvalue weighted by Gasteiger charge is -2.16. The van der Waals surface area contributed by atoms with Crippen molar-refractivity contribution >= 4 is 28.9 Å². The highest BCUT2D eigenvalue weighted by atomic mass is 35.5. The van der Waals surface area contributed by atoms with Gasteiger partial charge in [-0.15, -0.1) is 0 Å². The fourth-order valence-electron chi connectivity index (χ4n) is 2.74. The third-order valence-electron chi connectivity index (χ3n) is 3.52. The lowest BCUT2D eigenvalue weighted by Crippen LogP contribution is -2.07. The molecule has 1 aromatic carbocycles. The number of anilines is 1. The molecule has 0 saturated heterocycles. The maximum absolute atomic E-state index is 6.19. The summed E-state index contributed by atoms with van der Waals surface area (Å²) in [6, 6.07) is 3.87. The summed E-state index contributed by atoms with van der Waals surface area (Å²) in [4.78, 5) is 0. The minimum Gasteiger partial charge on any atom is -0.383 e. The second-order valence-corrected chi connectivity index (χ2v) is 5.90. The summed E-state index contributed by atoms with van der Waals surface area (Å²) in [6.45, 7) is 5.56. The highest BCUT2D eigenvalue weighted by Crippen LogP contribution is 2.42. The first kappa shape index (κ1) is 13.0. The molecule has 0 amide bonds. The molecule has 1 aliphatic rings. The van der Waals surface area contributed by atoms with Crippen molar-refractivity contribution < 1.29 is 0 Å². The second kappa shape index (κ2) is 5.49. The lowest BCUT2D eigenvalue weighted by atomic mass is 9.89. The fraction of sp³-hybridized carbons (Fsp3) is 0.571. The zero-order valence-corrected chi connectivity index (χ0v) is 11.9. The van der Waals surface area contributed by atoms with Crippen LogP contribution in [0.15, 0.2) is 12.1 Å². The number of hydrogen-bond donors (Lipinski definition) is 1. The molecule has 0 fully saturated rings. The quantitative estimate of drug-likeness (QED) is 0.781. The van der Waals surface area contributed by atoms with E-state index in [0.29, 0.717) is 5.92 Å². The van der Waals surface area contributed by atoms with E-state index in [0.717, 1.165) is 28.2 Å². The molecule has 0 radical (unpaired) electrons. The predicted octanol–water partition coefficient (Wildman–Crippen LogP) is 5.33. The predicted molar refractivity (Wildman–Crippen MR) is 76.4 cm³/mol. The number of rotatable bonds is 4. The van der Waals surface area contributed by atoms with E-state index in [9.17, 15) is 0 Å². The van der Waals surface area contributed by atoms with E-state index < -0.39 is 0 Å². The summed E-state index contributed by atoms with van der Waals surface area (Å²) in [5.74, 6) is 1.32. The van der Waals surface area contributed by atoms with Crippen LogP contribution in [0.1, 0.15) is 44.6 Å². The van der Waals surface area contributed by atoms with Crippen molar-refractivity contribution in [3.63, 3.8) is 0 Å². The van der Waals surface area contributed by atoms with Crippen LogP contribution in [-0.4, -0.2) is 6.54 Å². The van der Waals surface area contributed by atoms with Gasteiger partial charge in [0.25, 0.3) is 0 Å². The van der Waals surface area contributed by atoms with E-state index >= 15 is 0 Å². The van der Waals surface area contributed by atoms with Crippen molar-refractivity contribution in [1.82, 2.24) is 0 Å². The molecule has 1 aliphatic heterocycles. The Kier molecular flexibility index (Phi) is 4.22. The van der Waals surface area contributed by atoms with Gasteiger partial charge in [0.2, 0.25) is 0 Å². The largest absolute Gasteiger partial charge is 0.383 e. The smallest absolute Gasteiger partial charge is 0.0655 e. The molecule has 0 spiro atoms. The van der Waals surface area contributed by atoms with Crippen LogP contribution in [0.3, 0.4) is 0 Å². The van der Waals surface area contributed by atoms with Crippen molar-refractivity contribution in [2.75, 3.05) is 11.9 Å². The minimum absolute atomic E-state index is 0.558. The third-order valence-corrected chi connectivity index (χ3v) is 4.04. The number of hydrogen-bond acceptors (Lipinski definition) is 1. The molecule has 1 heterocycles. The van der Waals surface area contributed by atoms with E-state index in [4.69, 9.17) is 23.2 Å².